The van der Waals surface area contributed by atoms with Gasteiger partial charge in [0.15, 0.2) is 0 Å². The van der Waals surface area contributed by atoms with Gasteiger partial charge in [-0.15, -0.1) is 0 Å². The van der Waals surface area contributed by atoms with Crippen LogP contribution in [0.5, 0.6) is 0 Å². The van der Waals surface area contributed by atoms with Crippen molar-refractivity contribution in [1.29, 1.82) is 0 Å². The predicted molar refractivity (Wildman–Crippen MR) is 76.3 cm³/mol. The van der Waals surface area contributed by atoms with Gasteiger partial charge < -0.3 is 10.6 Å². The van der Waals surface area contributed by atoms with E-state index < -0.39 is 0 Å². The minimum absolute atomic E-state index is 0. The molecule has 0 aliphatic heterocycles. The standard InChI is InChI=1S/C7H14.C6H12O.C2H6.H2O/c1-7-5-3-2-4-6-7;7-5-6-3-1-2-4-6;1-2;/h7H,2-6H2,1H3;6-7H,1-5H2;1-2H3;1H2. The molecule has 2 aliphatic carbocycles. The lowest BCUT2D eigenvalue weighted by molar-refractivity contribution is 0.230. The topological polar surface area (TPSA) is 51.7 Å². The highest BCUT2D eigenvalue weighted by Gasteiger charge is 2.12. The molecule has 2 fully saturated rings. The number of aliphatic hydroxyl groups excluding tert-OH is 1. The van der Waals surface area contributed by atoms with Crippen LogP contribution in [0.1, 0.15) is 78.6 Å². The zero-order chi connectivity index (χ0) is 12.2. The fraction of sp³-hybridized carbons (Fsp3) is 1.00. The zero-order valence-electron chi connectivity index (χ0n) is 12.2. The first-order valence-corrected chi connectivity index (χ1v) is 7.43. The van der Waals surface area contributed by atoms with Gasteiger partial charge in [0.1, 0.15) is 0 Å². The summed E-state index contributed by atoms with van der Waals surface area (Å²) in [5.41, 5.74) is 0. The normalized spacial score (nSPS) is 20.5. The molecule has 0 aromatic heterocycles. The summed E-state index contributed by atoms with van der Waals surface area (Å²) in [7, 11) is 0. The Morgan fingerprint density at radius 2 is 1.24 bits per heavy atom. The van der Waals surface area contributed by atoms with Crippen LogP contribution in [0.4, 0.5) is 0 Å². The van der Waals surface area contributed by atoms with E-state index in [1.165, 1.54) is 57.8 Å². The molecule has 2 nitrogen and oxygen atoms in total. The van der Waals surface area contributed by atoms with Gasteiger partial charge in [0, 0.05) is 6.61 Å². The third-order valence-corrected chi connectivity index (χ3v) is 3.63. The van der Waals surface area contributed by atoms with Crippen molar-refractivity contribution >= 4 is 0 Å². The summed E-state index contributed by atoms with van der Waals surface area (Å²) in [5, 5.41) is 8.57. The lowest BCUT2D eigenvalue weighted by Gasteiger charge is -2.15. The fourth-order valence-electron chi connectivity index (χ4n) is 2.50. The van der Waals surface area contributed by atoms with E-state index in [4.69, 9.17) is 5.11 Å². The van der Waals surface area contributed by atoms with Crippen LogP contribution < -0.4 is 0 Å². The van der Waals surface area contributed by atoms with Crippen LogP contribution in [-0.2, 0) is 0 Å². The molecule has 2 heteroatoms. The number of rotatable bonds is 1. The van der Waals surface area contributed by atoms with Crippen molar-refractivity contribution in [2.45, 2.75) is 78.6 Å². The maximum atomic E-state index is 8.57. The van der Waals surface area contributed by atoms with Crippen LogP contribution in [0.25, 0.3) is 0 Å². The molecule has 0 atom stereocenters. The molecule has 0 aromatic carbocycles. The fourth-order valence-corrected chi connectivity index (χ4v) is 2.50. The molecule has 2 rings (SSSR count). The van der Waals surface area contributed by atoms with Crippen LogP contribution in [0.3, 0.4) is 0 Å². The second-order valence-electron chi connectivity index (χ2n) is 5.08. The summed E-state index contributed by atoms with van der Waals surface area (Å²) in [5.74, 6) is 1.69. The van der Waals surface area contributed by atoms with Gasteiger partial charge in [0.05, 0.1) is 0 Å². The van der Waals surface area contributed by atoms with E-state index in [1.807, 2.05) is 13.8 Å². The molecule has 0 bridgehead atoms. The monoisotopic (exact) mass is 246 g/mol. The second-order valence-corrected chi connectivity index (χ2v) is 5.08. The Hall–Kier alpha value is -0.0800. The summed E-state index contributed by atoms with van der Waals surface area (Å²) in [6, 6.07) is 0. The maximum Gasteiger partial charge on any atom is 0.0459 e. The van der Waals surface area contributed by atoms with E-state index in [-0.39, 0.29) is 5.48 Å². The van der Waals surface area contributed by atoms with Crippen molar-refractivity contribution in [2.75, 3.05) is 6.61 Å². The first-order valence-electron chi connectivity index (χ1n) is 7.43. The third-order valence-electron chi connectivity index (χ3n) is 3.63. The van der Waals surface area contributed by atoms with Crippen LogP contribution >= 0.6 is 0 Å². The van der Waals surface area contributed by atoms with Crippen LogP contribution in [0.15, 0.2) is 0 Å². The first kappa shape index (κ1) is 19.3. The Morgan fingerprint density at radius 1 is 0.824 bits per heavy atom. The van der Waals surface area contributed by atoms with E-state index >= 15 is 0 Å². The van der Waals surface area contributed by atoms with Crippen molar-refractivity contribution in [3.63, 3.8) is 0 Å². The molecule has 0 saturated heterocycles. The van der Waals surface area contributed by atoms with Crippen molar-refractivity contribution in [1.82, 2.24) is 0 Å². The van der Waals surface area contributed by atoms with Gasteiger partial charge in [0.2, 0.25) is 0 Å². The average Bonchev–Trinajstić information content (AvgIpc) is 2.86. The van der Waals surface area contributed by atoms with Crippen LogP contribution in [0.2, 0.25) is 0 Å². The van der Waals surface area contributed by atoms with Gasteiger partial charge in [-0.2, -0.15) is 0 Å². The van der Waals surface area contributed by atoms with Crippen LogP contribution in [0, 0.1) is 11.8 Å². The third kappa shape index (κ3) is 10.8. The molecule has 2 aliphatic rings. The molecule has 0 spiro atoms. The quantitative estimate of drug-likeness (QED) is 0.748. The Balaban J connectivity index is 0. The van der Waals surface area contributed by atoms with Crippen LogP contribution in [-0.4, -0.2) is 17.2 Å². The zero-order valence-corrected chi connectivity index (χ0v) is 12.2. The summed E-state index contributed by atoms with van der Waals surface area (Å²) < 4.78 is 0. The molecule has 17 heavy (non-hydrogen) atoms. The first-order chi connectivity index (χ1) is 7.83. The number of hydrogen-bond donors (Lipinski definition) is 1. The molecule has 0 unspecified atom stereocenters. The summed E-state index contributed by atoms with van der Waals surface area (Å²) in [4.78, 5) is 0. The molecular formula is C15H34O2. The highest BCUT2D eigenvalue weighted by molar-refractivity contribution is 4.64. The van der Waals surface area contributed by atoms with Crippen molar-refractivity contribution < 1.29 is 10.6 Å². The lowest BCUT2D eigenvalue weighted by Crippen LogP contribution is -1.99. The van der Waals surface area contributed by atoms with Gasteiger partial charge in [-0.1, -0.05) is 65.7 Å². The average molecular weight is 246 g/mol. The van der Waals surface area contributed by atoms with Gasteiger partial charge in [0.25, 0.3) is 0 Å². The van der Waals surface area contributed by atoms with Crippen molar-refractivity contribution in [3.05, 3.63) is 0 Å². The summed E-state index contributed by atoms with van der Waals surface area (Å²) in [6.45, 7) is 6.78. The van der Waals surface area contributed by atoms with E-state index in [0.717, 1.165) is 5.92 Å². The van der Waals surface area contributed by atoms with Gasteiger partial charge in [-0.25, -0.2) is 0 Å². The van der Waals surface area contributed by atoms with Gasteiger partial charge in [-0.3, -0.25) is 0 Å². The Bertz CT molecular complexity index is 125. The molecule has 0 amide bonds. The number of aliphatic hydroxyl groups is 1. The molecule has 0 radical (unpaired) electrons. The molecular weight excluding hydrogens is 212 g/mol. The predicted octanol–water partition coefficient (Wildman–Crippen LogP) is 3.96. The van der Waals surface area contributed by atoms with E-state index in [9.17, 15) is 0 Å². The maximum absolute atomic E-state index is 8.57. The van der Waals surface area contributed by atoms with Gasteiger partial charge >= 0.3 is 0 Å². The van der Waals surface area contributed by atoms with Crippen molar-refractivity contribution in [3.8, 4) is 0 Å². The molecule has 0 heterocycles. The summed E-state index contributed by atoms with van der Waals surface area (Å²) >= 11 is 0. The van der Waals surface area contributed by atoms with Gasteiger partial charge in [-0.05, 0) is 24.7 Å². The highest BCUT2D eigenvalue weighted by Crippen LogP contribution is 2.23. The smallest absolute Gasteiger partial charge is 0.0459 e. The van der Waals surface area contributed by atoms with E-state index in [0.29, 0.717) is 12.5 Å². The van der Waals surface area contributed by atoms with E-state index in [2.05, 4.69) is 6.92 Å². The molecule has 0 aromatic rings. The largest absolute Gasteiger partial charge is 0.412 e. The number of hydrogen-bond acceptors (Lipinski definition) is 1. The lowest BCUT2D eigenvalue weighted by atomic mass is 9.91. The highest BCUT2D eigenvalue weighted by atomic mass is 16.3. The second kappa shape index (κ2) is 14.0. The minimum Gasteiger partial charge on any atom is -0.412 e. The SMILES string of the molecule is CC.CC1CCCCC1.O.OCC1CCCC1. The summed E-state index contributed by atoms with van der Waals surface area (Å²) in [6.07, 6.45) is 12.6. The Kier molecular flexibility index (Phi) is 15.8. The molecule has 106 valence electrons. The van der Waals surface area contributed by atoms with Crippen molar-refractivity contribution in [2.24, 2.45) is 11.8 Å². The Labute approximate surface area is 108 Å². The minimum atomic E-state index is 0. The molecule has 2 saturated carbocycles. The Morgan fingerprint density at radius 3 is 1.47 bits per heavy atom. The molecule has 3 N–H and O–H groups in total. The van der Waals surface area contributed by atoms with E-state index in [1.54, 1.807) is 0 Å².